The molecule has 4 heteroatoms. The van der Waals surface area contributed by atoms with Gasteiger partial charge in [-0.3, -0.25) is 4.79 Å². The molecule has 1 fully saturated rings. The molecule has 0 spiro atoms. The van der Waals surface area contributed by atoms with Gasteiger partial charge in [-0.25, -0.2) is 0 Å². The Morgan fingerprint density at radius 2 is 2.00 bits per heavy atom. The molecule has 0 aliphatic heterocycles. The summed E-state index contributed by atoms with van der Waals surface area (Å²) in [7, 11) is 0. The summed E-state index contributed by atoms with van der Waals surface area (Å²) >= 11 is 0. The lowest BCUT2D eigenvalue weighted by molar-refractivity contribution is -0.149. The minimum atomic E-state index is -0.657. The quantitative estimate of drug-likeness (QED) is 0.672. The van der Waals surface area contributed by atoms with Crippen LogP contribution >= 0.6 is 12.4 Å². The van der Waals surface area contributed by atoms with E-state index in [1.54, 1.807) is 6.92 Å². The monoisotopic (exact) mass is 193 g/mol. The molecule has 0 aromatic carbocycles. The van der Waals surface area contributed by atoms with E-state index >= 15 is 0 Å². The van der Waals surface area contributed by atoms with Crippen LogP contribution in [0.15, 0.2) is 0 Å². The Hall–Kier alpha value is -0.280. The van der Waals surface area contributed by atoms with E-state index in [1.807, 2.05) is 0 Å². The maximum absolute atomic E-state index is 11.2. The second-order valence-corrected chi connectivity index (χ2v) is 3.08. The minimum absolute atomic E-state index is 0. The molecule has 0 amide bonds. The van der Waals surface area contributed by atoms with E-state index in [1.165, 1.54) is 0 Å². The Bertz CT molecular complexity index is 155. The Balaban J connectivity index is 0.00000121. The second-order valence-electron chi connectivity index (χ2n) is 3.08. The van der Waals surface area contributed by atoms with Crippen LogP contribution in [0.5, 0.6) is 0 Å². The van der Waals surface area contributed by atoms with Crippen molar-refractivity contribution in [2.75, 3.05) is 6.61 Å². The minimum Gasteiger partial charge on any atom is -0.465 e. The molecule has 1 saturated carbocycles. The molecule has 0 bridgehead atoms. The van der Waals surface area contributed by atoms with Crippen molar-refractivity contribution in [2.45, 2.75) is 38.1 Å². The fraction of sp³-hybridized carbons (Fsp3) is 0.875. The zero-order valence-electron chi connectivity index (χ0n) is 7.34. The molecular formula is C8H16ClNO2. The predicted molar refractivity (Wildman–Crippen MR) is 49.3 cm³/mol. The number of esters is 1. The van der Waals surface area contributed by atoms with Crippen molar-refractivity contribution in [1.29, 1.82) is 0 Å². The summed E-state index contributed by atoms with van der Waals surface area (Å²) in [5.74, 6) is -0.225. The summed E-state index contributed by atoms with van der Waals surface area (Å²) in [4.78, 5) is 11.2. The smallest absolute Gasteiger partial charge is 0.326 e. The third kappa shape index (κ3) is 2.35. The predicted octanol–water partition coefficient (Wildman–Crippen LogP) is 1.24. The molecule has 0 radical (unpaired) electrons. The maximum Gasteiger partial charge on any atom is 0.326 e. The van der Waals surface area contributed by atoms with Crippen LogP contribution in [-0.2, 0) is 9.53 Å². The molecule has 1 aliphatic carbocycles. The van der Waals surface area contributed by atoms with Crippen LogP contribution in [0.2, 0.25) is 0 Å². The first-order valence-corrected chi connectivity index (χ1v) is 4.15. The normalized spacial score (nSPS) is 19.8. The Morgan fingerprint density at radius 3 is 2.42 bits per heavy atom. The van der Waals surface area contributed by atoms with E-state index in [4.69, 9.17) is 10.5 Å². The molecule has 1 rings (SSSR count). The molecule has 0 atom stereocenters. The first kappa shape index (κ1) is 11.7. The first-order chi connectivity index (χ1) is 5.19. The number of carbonyl (C=O) groups excluding carboxylic acids is 1. The summed E-state index contributed by atoms with van der Waals surface area (Å²) in [6.45, 7) is 2.23. The highest BCUT2D eigenvalue weighted by atomic mass is 35.5. The molecule has 2 N–H and O–H groups in total. The van der Waals surface area contributed by atoms with Crippen LogP contribution in [0, 0.1) is 0 Å². The average Bonchev–Trinajstić information content (AvgIpc) is 2.38. The van der Waals surface area contributed by atoms with Crippen LogP contribution in [0.4, 0.5) is 0 Å². The highest BCUT2D eigenvalue weighted by Crippen LogP contribution is 2.28. The maximum atomic E-state index is 11.2. The van der Waals surface area contributed by atoms with Crippen molar-refractivity contribution in [1.82, 2.24) is 0 Å². The van der Waals surface area contributed by atoms with Gasteiger partial charge in [0.1, 0.15) is 5.54 Å². The number of nitrogens with two attached hydrogens (primary N) is 1. The van der Waals surface area contributed by atoms with Gasteiger partial charge in [-0.1, -0.05) is 12.8 Å². The fourth-order valence-corrected chi connectivity index (χ4v) is 1.48. The molecule has 1 aliphatic rings. The molecule has 72 valence electrons. The van der Waals surface area contributed by atoms with Crippen LogP contribution < -0.4 is 5.73 Å². The molecule has 0 saturated heterocycles. The molecule has 3 nitrogen and oxygen atoms in total. The molecule has 12 heavy (non-hydrogen) atoms. The fourth-order valence-electron chi connectivity index (χ4n) is 1.48. The number of hydrogen-bond acceptors (Lipinski definition) is 3. The van der Waals surface area contributed by atoms with Crippen molar-refractivity contribution in [3.63, 3.8) is 0 Å². The van der Waals surface area contributed by atoms with E-state index in [2.05, 4.69) is 0 Å². The third-order valence-corrected chi connectivity index (χ3v) is 2.18. The van der Waals surface area contributed by atoms with E-state index in [-0.39, 0.29) is 18.4 Å². The van der Waals surface area contributed by atoms with Crippen LogP contribution in [0.25, 0.3) is 0 Å². The highest BCUT2D eigenvalue weighted by Gasteiger charge is 2.38. The van der Waals surface area contributed by atoms with E-state index in [0.29, 0.717) is 6.61 Å². The number of rotatable bonds is 2. The van der Waals surface area contributed by atoms with Gasteiger partial charge in [0.05, 0.1) is 6.61 Å². The van der Waals surface area contributed by atoms with Crippen molar-refractivity contribution in [2.24, 2.45) is 5.73 Å². The Labute approximate surface area is 79.1 Å². The lowest BCUT2D eigenvalue weighted by Gasteiger charge is -2.20. The topological polar surface area (TPSA) is 52.3 Å². The summed E-state index contributed by atoms with van der Waals surface area (Å²) in [5.41, 5.74) is 5.16. The van der Waals surface area contributed by atoms with Gasteiger partial charge in [-0.15, -0.1) is 12.4 Å². The zero-order chi connectivity index (χ0) is 8.32. The van der Waals surface area contributed by atoms with Crippen molar-refractivity contribution in [3.05, 3.63) is 0 Å². The Kier molecular flexibility index (Phi) is 4.57. The zero-order valence-corrected chi connectivity index (χ0v) is 8.15. The molecule has 0 aromatic rings. The average molecular weight is 194 g/mol. The van der Waals surface area contributed by atoms with Crippen molar-refractivity contribution < 1.29 is 9.53 Å². The van der Waals surface area contributed by atoms with E-state index in [0.717, 1.165) is 25.7 Å². The lowest BCUT2D eigenvalue weighted by atomic mass is 10.00. The summed E-state index contributed by atoms with van der Waals surface area (Å²) in [6.07, 6.45) is 3.67. The van der Waals surface area contributed by atoms with Crippen molar-refractivity contribution >= 4 is 18.4 Å². The standard InChI is InChI=1S/C8H15NO2.ClH/c1-2-11-7(10)8(9)5-3-4-6-8;/h2-6,9H2,1H3;1H. The number of hydrogen-bond donors (Lipinski definition) is 1. The summed E-state index contributed by atoms with van der Waals surface area (Å²) in [6, 6.07) is 0. The summed E-state index contributed by atoms with van der Waals surface area (Å²) < 4.78 is 4.86. The van der Waals surface area contributed by atoms with E-state index in [9.17, 15) is 4.79 Å². The number of halogens is 1. The molecule has 0 aromatic heterocycles. The molecule has 0 heterocycles. The van der Waals surface area contributed by atoms with Gasteiger partial charge in [-0.2, -0.15) is 0 Å². The third-order valence-electron chi connectivity index (χ3n) is 2.18. The lowest BCUT2D eigenvalue weighted by Crippen LogP contribution is -2.46. The second kappa shape index (κ2) is 4.67. The molecular weight excluding hydrogens is 178 g/mol. The van der Waals surface area contributed by atoms with Crippen LogP contribution in [-0.4, -0.2) is 18.1 Å². The SMILES string of the molecule is CCOC(=O)C1(N)CCCC1.Cl. The van der Waals surface area contributed by atoms with Crippen molar-refractivity contribution in [3.8, 4) is 0 Å². The number of carbonyl (C=O) groups is 1. The van der Waals surface area contributed by atoms with Crippen LogP contribution in [0.1, 0.15) is 32.6 Å². The number of ether oxygens (including phenoxy) is 1. The van der Waals surface area contributed by atoms with Gasteiger partial charge >= 0.3 is 5.97 Å². The first-order valence-electron chi connectivity index (χ1n) is 4.15. The summed E-state index contributed by atoms with van der Waals surface area (Å²) in [5, 5.41) is 0. The van der Waals surface area contributed by atoms with Gasteiger partial charge in [-0.05, 0) is 19.8 Å². The molecule has 0 unspecified atom stereocenters. The van der Waals surface area contributed by atoms with Gasteiger partial charge in [0.25, 0.3) is 0 Å². The van der Waals surface area contributed by atoms with Gasteiger partial charge < -0.3 is 10.5 Å². The van der Waals surface area contributed by atoms with E-state index < -0.39 is 5.54 Å². The Morgan fingerprint density at radius 1 is 1.50 bits per heavy atom. The van der Waals surface area contributed by atoms with Crippen LogP contribution in [0.3, 0.4) is 0 Å². The van der Waals surface area contributed by atoms with Gasteiger partial charge in [0.15, 0.2) is 0 Å². The van der Waals surface area contributed by atoms with Gasteiger partial charge in [0.2, 0.25) is 0 Å². The highest BCUT2D eigenvalue weighted by molar-refractivity contribution is 5.85. The largest absolute Gasteiger partial charge is 0.465 e. The van der Waals surface area contributed by atoms with Gasteiger partial charge in [0, 0.05) is 0 Å².